The van der Waals surface area contributed by atoms with E-state index >= 15 is 0 Å². The molecule has 0 aromatic carbocycles. The molecule has 2 nitrogen and oxygen atoms in total. The van der Waals surface area contributed by atoms with Crippen LogP contribution < -0.4 is 5.73 Å². The lowest BCUT2D eigenvalue weighted by Crippen LogP contribution is -2.25. The van der Waals surface area contributed by atoms with Crippen LogP contribution in [-0.4, -0.2) is 19.3 Å². The fourth-order valence-corrected chi connectivity index (χ4v) is 0.678. The maximum atomic E-state index is 5.55. The Bertz CT molecular complexity index is 57.9. The third-order valence-electron chi connectivity index (χ3n) is 1.42. The summed E-state index contributed by atoms with van der Waals surface area (Å²) in [5.74, 6) is 0.569. The Hall–Kier alpha value is -0.0800. The Morgan fingerprint density at radius 2 is 1.89 bits per heavy atom. The SMILES string of the molecule is CC.CC1COCC1N. The third kappa shape index (κ3) is 2.82. The van der Waals surface area contributed by atoms with Crippen LogP contribution in [0.3, 0.4) is 0 Å². The second-order valence-corrected chi connectivity index (χ2v) is 2.18. The van der Waals surface area contributed by atoms with Gasteiger partial charge in [-0.05, 0) is 5.92 Å². The first kappa shape index (κ1) is 8.92. The van der Waals surface area contributed by atoms with Crippen LogP contribution in [0.15, 0.2) is 0 Å². The van der Waals surface area contributed by atoms with Crippen molar-refractivity contribution in [3.63, 3.8) is 0 Å². The predicted molar refractivity (Wildman–Crippen MR) is 39.3 cm³/mol. The van der Waals surface area contributed by atoms with Gasteiger partial charge in [0.25, 0.3) is 0 Å². The third-order valence-corrected chi connectivity index (χ3v) is 1.42. The van der Waals surface area contributed by atoms with Crippen molar-refractivity contribution in [2.75, 3.05) is 13.2 Å². The fraction of sp³-hybridized carbons (Fsp3) is 1.00. The highest BCUT2D eigenvalue weighted by Crippen LogP contribution is 2.08. The molecule has 0 aromatic heterocycles. The Labute approximate surface area is 57.4 Å². The lowest BCUT2D eigenvalue weighted by atomic mass is 10.1. The average molecular weight is 131 g/mol. The van der Waals surface area contributed by atoms with Crippen molar-refractivity contribution in [2.45, 2.75) is 26.8 Å². The first-order valence-corrected chi connectivity index (χ1v) is 3.64. The second-order valence-electron chi connectivity index (χ2n) is 2.18. The van der Waals surface area contributed by atoms with Gasteiger partial charge in [-0.3, -0.25) is 0 Å². The summed E-state index contributed by atoms with van der Waals surface area (Å²) in [6, 6.07) is 0.292. The second kappa shape index (κ2) is 4.77. The summed E-state index contributed by atoms with van der Waals surface area (Å²) < 4.78 is 5.04. The van der Waals surface area contributed by atoms with Crippen LogP contribution in [0, 0.1) is 5.92 Å². The van der Waals surface area contributed by atoms with Crippen LogP contribution in [-0.2, 0) is 4.74 Å². The highest BCUT2D eigenvalue weighted by molar-refractivity contribution is 4.73. The van der Waals surface area contributed by atoms with Crippen molar-refractivity contribution in [2.24, 2.45) is 11.7 Å². The maximum absolute atomic E-state index is 5.55. The standard InChI is InChI=1S/C5H11NO.C2H6/c1-4-2-7-3-5(4)6;1-2/h4-5H,2-3,6H2,1H3;1-2H3. The zero-order chi connectivity index (χ0) is 7.28. The monoisotopic (exact) mass is 131 g/mol. The summed E-state index contributed by atoms with van der Waals surface area (Å²) in [5.41, 5.74) is 5.55. The molecule has 9 heavy (non-hydrogen) atoms. The van der Waals surface area contributed by atoms with E-state index in [0.717, 1.165) is 13.2 Å². The minimum Gasteiger partial charge on any atom is -0.379 e. The van der Waals surface area contributed by atoms with E-state index in [0.29, 0.717) is 12.0 Å². The minimum absolute atomic E-state index is 0.292. The van der Waals surface area contributed by atoms with Gasteiger partial charge in [-0.25, -0.2) is 0 Å². The molecule has 0 radical (unpaired) electrons. The fourth-order valence-electron chi connectivity index (χ4n) is 0.678. The topological polar surface area (TPSA) is 35.2 Å². The van der Waals surface area contributed by atoms with Gasteiger partial charge in [-0.2, -0.15) is 0 Å². The Balaban J connectivity index is 0.000000291. The summed E-state index contributed by atoms with van der Waals surface area (Å²) in [5, 5.41) is 0. The van der Waals surface area contributed by atoms with E-state index < -0.39 is 0 Å². The van der Waals surface area contributed by atoms with Crippen molar-refractivity contribution in [1.29, 1.82) is 0 Å². The van der Waals surface area contributed by atoms with E-state index in [1.165, 1.54) is 0 Å². The molecule has 0 amide bonds. The van der Waals surface area contributed by atoms with Gasteiger partial charge in [0.2, 0.25) is 0 Å². The summed E-state index contributed by atoms with van der Waals surface area (Å²) in [4.78, 5) is 0. The van der Waals surface area contributed by atoms with Gasteiger partial charge in [0, 0.05) is 6.04 Å². The van der Waals surface area contributed by atoms with Crippen LogP contribution in [0.5, 0.6) is 0 Å². The lowest BCUT2D eigenvalue weighted by molar-refractivity contribution is 0.186. The molecule has 1 saturated heterocycles. The molecule has 1 rings (SSSR count). The minimum atomic E-state index is 0.292. The number of ether oxygens (including phenoxy) is 1. The van der Waals surface area contributed by atoms with Crippen LogP contribution in [0.4, 0.5) is 0 Å². The molecule has 0 aromatic rings. The van der Waals surface area contributed by atoms with Gasteiger partial charge < -0.3 is 10.5 Å². The first-order valence-electron chi connectivity index (χ1n) is 3.64. The summed E-state index contributed by atoms with van der Waals surface area (Å²) in [7, 11) is 0. The smallest absolute Gasteiger partial charge is 0.0621 e. The van der Waals surface area contributed by atoms with E-state index in [2.05, 4.69) is 6.92 Å². The molecule has 0 aliphatic carbocycles. The van der Waals surface area contributed by atoms with Crippen LogP contribution >= 0.6 is 0 Å². The number of rotatable bonds is 0. The number of hydrogen-bond acceptors (Lipinski definition) is 2. The zero-order valence-corrected chi connectivity index (χ0v) is 6.55. The van der Waals surface area contributed by atoms with Crippen molar-refractivity contribution in [3.05, 3.63) is 0 Å². The summed E-state index contributed by atoms with van der Waals surface area (Å²) in [6.45, 7) is 7.71. The molecule has 2 N–H and O–H groups in total. The molecule has 0 bridgehead atoms. The average Bonchev–Trinajstić information content (AvgIpc) is 2.23. The molecule has 1 heterocycles. The molecule has 2 heteroatoms. The van der Waals surface area contributed by atoms with Crippen molar-refractivity contribution < 1.29 is 4.74 Å². The Morgan fingerprint density at radius 1 is 1.33 bits per heavy atom. The van der Waals surface area contributed by atoms with E-state index in [9.17, 15) is 0 Å². The number of hydrogen-bond donors (Lipinski definition) is 1. The number of nitrogens with two attached hydrogens (primary N) is 1. The largest absolute Gasteiger partial charge is 0.379 e. The normalized spacial score (nSPS) is 33.3. The van der Waals surface area contributed by atoms with Crippen molar-refractivity contribution in [1.82, 2.24) is 0 Å². The molecule has 1 aliphatic heterocycles. The maximum Gasteiger partial charge on any atom is 0.0621 e. The van der Waals surface area contributed by atoms with Gasteiger partial charge in [0.15, 0.2) is 0 Å². The van der Waals surface area contributed by atoms with E-state index in [4.69, 9.17) is 10.5 Å². The highest BCUT2D eigenvalue weighted by atomic mass is 16.5. The summed E-state index contributed by atoms with van der Waals surface area (Å²) in [6.07, 6.45) is 0. The molecule has 2 unspecified atom stereocenters. The lowest BCUT2D eigenvalue weighted by Gasteiger charge is -2.02. The molecule has 2 atom stereocenters. The zero-order valence-electron chi connectivity index (χ0n) is 6.55. The molecule has 1 fully saturated rings. The van der Waals surface area contributed by atoms with Crippen molar-refractivity contribution in [3.8, 4) is 0 Å². The van der Waals surface area contributed by atoms with Crippen molar-refractivity contribution >= 4 is 0 Å². The van der Waals surface area contributed by atoms with Gasteiger partial charge in [0.1, 0.15) is 0 Å². The van der Waals surface area contributed by atoms with Gasteiger partial charge in [0.05, 0.1) is 13.2 Å². The predicted octanol–water partition coefficient (Wildman–Crippen LogP) is 1.01. The van der Waals surface area contributed by atoms with Gasteiger partial charge >= 0.3 is 0 Å². The van der Waals surface area contributed by atoms with E-state index in [1.807, 2.05) is 13.8 Å². The van der Waals surface area contributed by atoms with E-state index in [1.54, 1.807) is 0 Å². The van der Waals surface area contributed by atoms with Gasteiger partial charge in [-0.1, -0.05) is 20.8 Å². The molecular weight excluding hydrogens is 114 g/mol. The molecule has 56 valence electrons. The van der Waals surface area contributed by atoms with Crippen LogP contribution in [0.25, 0.3) is 0 Å². The quantitative estimate of drug-likeness (QED) is 0.532. The molecule has 0 saturated carbocycles. The highest BCUT2D eigenvalue weighted by Gasteiger charge is 2.18. The Morgan fingerprint density at radius 3 is 2.00 bits per heavy atom. The Kier molecular flexibility index (Phi) is 4.72. The van der Waals surface area contributed by atoms with Crippen LogP contribution in [0.2, 0.25) is 0 Å². The van der Waals surface area contributed by atoms with Crippen LogP contribution in [0.1, 0.15) is 20.8 Å². The first-order chi connectivity index (χ1) is 4.30. The molecular formula is C7H17NO. The van der Waals surface area contributed by atoms with Gasteiger partial charge in [-0.15, -0.1) is 0 Å². The summed E-state index contributed by atoms with van der Waals surface area (Å²) >= 11 is 0. The molecule has 0 spiro atoms. The van der Waals surface area contributed by atoms with E-state index in [-0.39, 0.29) is 0 Å². The molecule has 1 aliphatic rings.